The molecule has 4 aromatic rings. The molecule has 3 aromatic carbocycles. The number of carbonyl (C=O) groups is 1. The molecule has 168 valence electrons. The van der Waals surface area contributed by atoms with Crippen LogP contribution in [0.15, 0.2) is 77.3 Å². The Morgan fingerprint density at radius 2 is 1.73 bits per heavy atom. The predicted molar refractivity (Wildman–Crippen MR) is 131 cm³/mol. The van der Waals surface area contributed by atoms with E-state index in [-0.39, 0.29) is 11.9 Å². The number of halogens is 2. The van der Waals surface area contributed by atoms with E-state index < -0.39 is 0 Å². The van der Waals surface area contributed by atoms with Gasteiger partial charge in [-0.05, 0) is 43.2 Å². The second kappa shape index (κ2) is 10.2. The van der Waals surface area contributed by atoms with E-state index in [9.17, 15) is 4.79 Å². The van der Waals surface area contributed by atoms with Crippen LogP contribution in [0.5, 0.6) is 0 Å². The summed E-state index contributed by atoms with van der Waals surface area (Å²) in [4.78, 5) is 19.7. The Labute approximate surface area is 203 Å². The van der Waals surface area contributed by atoms with Crippen molar-refractivity contribution in [3.63, 3.8) is 0 Å². The molecule has 1 atom stereocenters. The number of hydrogen-bond acceptors (Lipinski definition) is 4. The van der Waals surface area contributed by atoms with Crippen LogP contribution in [0.3, 0.4) is 0 Å². The van der Waals surface area contributed by atoms with Crippen molar-refractivity contribution in [1.82, 2.24) is 15.0 Å². The summed E-state index contributed by atoms with van der Waals surface area (Å²) in [6, 6.07) is 22.4. The number of amides is 1. The van der Waals surface area contributed by atoms with Gasteiger partial charge in [0.25, 0.3) is 5.91 Å². The van der Waals surface area contributed by atoms with Crippen molar-refractivity contribution in [2.75, 3.05) is 6.54 Å². The number of nitrogens with zero attached hydrogens (tertiary/aromatic N) is 3. The standard InChI is InChI=1S/C26H23Cl2N3O2/c1-17-12-13-20(16-23(17)28)25-29-24(33-30-25)14-15-31(18(2)19-8-4-3-5-9-19)26(32)21-10-6-7-11-22(21)27/h3-13,16,18H,14-15H2,1-2H3. The molecule has 0 N–H and O–H groups in total. The number of hydrogen-bond donors (Lipinski definition) is 0. The van der Waals surface area contributed by atoms with Crippen LogP contribution in [-0.4, -0.2) is 27.5 Å². The molecule has 0 aliphatic heterocycles. The Balaban J connectivity index is 1.57. The lowest BCUT2D eigenvalue weighted by molar-refractivity contribution is 0.0689. The molecule has 5 nitrogen and oxygen atoms in total. The first-order valence-electron chi connectivity index (χ1n) is 10.6. The van der Waals surface area contributed by atoms with E-state index in [1.54, 1.807) is 23.1 Å². The zero-order chi connectivity index (χ0) is 23.4. The zero-order valence-electron chi connectivity index (χ0n) is 18.3. The summed E-state index contributed by atoms with van der Waals surface area (Å²) >= 11 is 12.6. The van der Waals surface area contributed by atoms with Gasteiger partial charge in [0.1, 0.15) is 0 Å². The van der Waals surface area contributed by atoms with Crippen LogP contribution in [0, 0.1) is 6.92 Å². The molecule has 0 radical (unpaired) electrons. The number of benzene rings is 3. The van der Waals surface area contributed by atoms with Gasteiger partial charge >= 0.3 is 0 Å². The van der Waals surface area contributed by atoms with Crippen LogP contribution < -0.4 is 0 Å². The van der Waals surface area contributed by atoms with Crippen LogP contribution in [0.1, 0.15) is 40.3 Å². The van der Waals surface area contributed by atoms with Gasteiger partial charge < -0.3 is 9.42 Å². The molecular weight excluding hydrogens is 457 g/mol. The molecule has 0 spiro atoms. The highest BCUT2D eigenvalue weighted by molar-refractivity contribution is 6.33. The van der Waals surface area contributed by atoms with Crippen LogP contribution in [0.2, 0.25) is 10.0 Å². The molecule has 0 fully saturated rings. The second-order valence-corrected chi connectivity index (χ2v) is 8.61. The topological polar surface area (TPSA) is 59.2 Å². The molecule has 4 rings (SSSR count). The fraction of sp³-hybridized carbons (Fsp3) is 0.192. The SMILES string of the molecule is Cc1ccc(-c2noc(CCN(C(=O)c3ccccc3Cl)C(C)c3ccccc3)n2)cc1Cl. The summed E-state index contributed by atoms with van der Waals surface area (Å²) in [6.07, 6.45) is 0.403. The van der Waals surface area contributed by atoms with Gasteiger partial charge in [0.2, 0.25) is 11.7 Å². The van der Waals surface area contributed by atoms with Crippen LogP contribution >= 0.6 is 23.2 Å². The Morgan fingerprint density at radius 3 is 2.45 bits per heavy atom. The van der Waals surface area contributed by atoms with Crippen molar-refractivity contribution in [3.05, 3.63) is 105 Å². The fourth-order valence-electron chi connectivity index (χ4n) is 3.59. The highest BCUT2D eigenvalue weighted by Crippen LogP contribution is 2.26. The normalized spacial score (nSPS) is 11.9. The fourth-order valence-corrected chi connectivity index (χ4v) is 3.99. The molecular formula is C26H23Cl2N3O2. The molecule has 0 aliphatic carbocycles. The van der Waals surface area contributed by atoms with Crippen LogP contribution in [0.4, 0.5) is 0 Å². The lowest BCUT2D eigenvalue weighted by Gasteiger charge is -2.29. The highest BCUT2D eigenvalue weighted by Gasteiger charge is 2.25. The minimum atomic E-state index is -0.173. The van der Waals surface area contributed by atoms with Gasteiger partial charge in [0.15, 0.2) is 0 Å². The number of carbonyl (C=O) groups excluding carboxylic acids is 1. The van der Waals surface area contributed by atoms with Gasteiger partial charge in [-0.1, -0.05) is 83.0 Å². The third kappa shape index (κ3) is 5.27. The van der Waals surface area contributed by atoms with E-state index in [4.69, 9.17) is 27.7 Å². The van der Waals surface area contributed by atoms with E-state index in [0.29, 0.717) is 40.3 Å². The number of aryl methyl sites for hydroxylation is 1. The maximum Gasteiger partial charge on any atom is 0.255 e. The van der Waals surface area contributed by atoms with Crippen LogP contribution in [-0.2, 0) is 6.42 Å². The zero-order valence-corrected chi connectivity index (χ0v) is 19.8. The first-order chi connectivity index (χ1) is 15.9. The van der Waals surface area contributed by atoms with E-state index in [0.717, 1.165) is 16.7 Å². The molecule has 0 saturated carbocycles. The molecule has 7 heteroatoms. The first-order valence-corrected chi connectivity index (χ1v) is 11.4. The van der Waals surface area contributed by atoms with E-state index in [2.05, 4.69) is 10.1 Å². The second-order valence-electron chi connectivity index (χ2n) is 7.79. The summed E-state index contributed by atoms with van der Waals surface area (Å²) in [5.41, 5.74) is 3.25. The quantitative estimate of drug-likeness (QED) is 0.292. The van der Waals surface area contributed by atoms with Gasteiger partial charge in [-0.25, -0.2) is 0 Å². The molecule has 1 amide bonds. The Morgan fingerprint density at radius 1 is 1.00 bits per heavy atom. The van der Waals surface area contributed by atoms with Gasteiger partial charge in [-0.2, -0.15) is 4.98 Å². The van der Waals surface area contributed by atoms with Gasteiger partial charge in [0.05, 0.1) is 16.6 Å². The average Bonchev–Trinajstić information content (AvgIpc) is 3.30. The smallest absolute Gasteiger partial charge is 0.255 e. The minimum absolute atomic E-state index is 0.151. The first kappa shape index (κ1) is 23.0. The molecule has 1 heterocycles. The van der Waals surface area contributed by atoms with E-state index >= 15 is 0 Å². The van der Waals surface area contributed by atoms with E-state index in [1.165, 1.54) is 0 Å². The van der Waals surface area contributed by atoms with Crippen molar-refractivity contribution in [3.8, 4) is 11.4 Å². The Bertz CT molecular complexity index is 1260. The number of aromatic nitrogens is 2. The Hall–Kier alpha value is -3.15. The molecule has 33 heavy (non-hydrogen) atoms. The van der Waals surface area contributed by atoms with Crippen molar-refractivity contribution in [2.24, 2.45) is 0 Å². The largest absolute Gasteiger partial charge is 0.339 e. The predicted octanol–water partition coefficient (Wildman–Crippen LogP) is 6.80. The summed E-state index contributed by atoms with van der Waals surface area (Å²) in [5.74, 6) is 0.757. The summed E-state index contributed by atoms with van der Waals surface area (Å²) in [6.45, 7) is 4.32. The van der Waals surface area contributed by atoms with Crippen molar-refractivity contribution < 1.29 is 9.32 Å². The maximum absolute atomic E-state index is 13.5. The summed E-state index contributed by atoms with van der Waals surface area (Å²) in [5, 5.41) is 5.15. The van der Waals surface area contributed by atoms with Crippen molar-refractivity contribution >= 4 is 29.1 Å². The average molecular weight is 480 g/mol. The van der Waals surface area contributed by atoms with Crippen molar-refractivity contribution in [2.45, 2.75) is 26.3 Å². The van der Waals surface area contributed by atoms with Gasteiger partial charge in [0, 0.05) is 23.6 Å². The Kier molecular flexibility index (Phi) is 7.11. The molecule has 1 unspecified atom stereocenters. The van der Waals surface area contributed by atoms with Crippen molar-refractivity contribution in [1.29, 1.82) is 0 Å². The molecule has 0 bridgehead atoms. The summed E-state index contributed by atoms with van der Waals surface area (Å²) < 4.78 is 5.47. The lowest BCUT2D eigenvalue weighted by Crippen LogP contribution is -2.35. The van der Waals surface area contributed by atoms with E-state index in [1.807, 2.05) is 68.4 Å². The van der Waals surface area contributed by atoms with Crippen LogP contribution in [0.25, 0.3) is 11.4 Å². The lowest BCUT2D eigenvalue weighted by atomic mass is 10.0. The molecule has 0 aliphatic rings. The third-order valence-electron chi connectivity index (χ3n) is 5.58. The molecule has 0 saturated heterocycles. The monoisotopic (exact) mass is 479 g/mol. The minimum Gasteiger partial charge on any atom is -0.339 e. The highest BCUT2D eigenvalue weighted by atomic mass is 35.5. The summed E-state index contributed by atoms with van der Waals surface area (Å²) in [7, 11) is 0. The molecule has 1 aromatic heterocycles. The number of rotatable bonds is 7. The van der Waals surface area contributed by atoms with Gasteiger partial charge in [-0.15, -0.1) is 0 Å². The maximum atomic E-state index is 13.5. The van der Waals surface area contributed by atoms with Gasteiger partial charge in [-0.3, -0.25) is 4.79 Å². The third-order valence-corrected chi connectivity index (χ3v) is 6.32.